The van der Waals surface area contributed by atoms with Crippen LogP contribution in [0.15, 0.2) is 60.2 Å². The number of aromatic hydroxyl groups is 1. The van der Waals surface area contributed by atoms with Gasteiger partial charge in [0.2, 0.25) is 0 Å². The van der Waals surface area contributed by atoms with Crippen LogP contribution < -0.4 is 9.64 Å². The lowest BCUT2D eigenvalue weighted by Gasteiger charge is -2.35. The van der Waals surface area contributed by atoms with Gasteiger partial charge in [0.1, 0.15) is 11.5 Å². The van der Waals surface area contributed by atoms with Crippen molar-refractivity contribution in [3.05, 3.63) is 66.2 Å². The number of anilines is 1. The number of ether oxygens (including phenoxy) is 1. The molecule has 1 aliphatic rings. The van der Waals surface area contributed by atoms with Crippen LogP contribution in [0.3, 0.4) is 0 Å². The van der Waals surface area contributed by atoms with Crippen LogP contribution >= 0.6 is 0 Å². The second kappa shape index (κ2) is 8.43. The Morgan fingerprint density at radius 3 is 2.62 bits per heavy atom. The Bertz CT molecular complexity index is 781. The number of piperazine rings is 1. The van der Waals surface area contributed by atoms with Gasteiger partial charge in [0.15, 0.2) is 0 Å². The molecule has 1 aliphatic heterocycles. The van der Waals surface area contributed by atoms with E-state index in [2.05, 4.69) is 22.6 Å². The Morgan fingerprint density at radius 2 is 1.88 bits per heavy atom. The van der Waals surface area contributed by atoms with Crippen LogP contribution in [-0.4, -0.2) is 49.6 Å². The SMILES string of the molecule is C=CCc1cccc(/C=N/N2CCN(c3ccccc3OC)CC2)c1O. The fourth-order valence-corrected chi connectivity index (χ4v) is 3.12. The van der Waals surface area contributed by atoms with E-state index in [1.54, 1.807) is 19.4 Å². The number of hydrazone groups is 1. The van der Waals surface area contributed by atoms with Crippen LogP contribution in [0, 0.1) is 0 Å². The third-order valence-corrected chi connectivity index (χ3v) is 4.56. The molecule has 26 heavy (non-hydrogen) atoms. The van der Waals surface area contributed by atoms with Gasteiger partial charge in [0, 0.05) is 18.7 Å². The average molecular weight is 351 g/mol. The number of allylic oxidation sites excluding steroid dienone is 1. The highest BCUT2D eigenvalue weighted by Crippen LogP contribution is 2.28. The fraction of sp³-hybridized carbons (Fsp3) is 0.286. The summed E-state index contributed by atoms with van der Waals surface area (Å²) in [5, 5.41) is 16.9. The fourth-order valence-electron chi connectivity index (χ4n) is 3.12. The minimum absolute atomic E-state index is 0.281. The predicted molar refractivity (Wildman–Crippen MR) is 106 cm³/mol. The molecule has 0 aromatic heterocycles. The van der Waals surface area contributed by atoms with Crippen molar-refractivity contribution >= 4 is 11.9 Å². The first-order valence-electron chi connectivity index (χ1n) is 8.81. The van der Waals surface area contributed by atoms with Gasteiger partial charge in [-0.25, -0.2) is 0 Å². The molecule has 0 radical (unpaired) electrons. The van der Waals surface area contributed by atoms with Gasteiger partial charge in [-0.3, -0.25) is 5.01 Å². The van der Waals surface area contributed by atoms with Crippen LogP contribution in [0.25, 0.3) is 0 Å². The molecule has 0 saturated carbocycles. The second-order valence-electron chi connectivity index (χ2n) is 6.20. The lowest BCUT2D eigenvalue weighted by atomic mass is 10.1. The van der Waals surface area contributed by atoms with Crippen LogP contribution in [0.5, 0.6) is 11.5 Å². The minimum atomic E-state index is 0.281. The smallest absolute Gasteiger partial charge is 0.142 e. The van der Waals surface area contributed by atoms with Crippen molar-refractivity contribution in [2.75, 3.05) is 38.2 Å². The van der Waals surface area contributed by atoms with Crippen molar-refractivity contribution in [3.63, 3.8) is 0 Å². The highest BCUT2D eigenvalue weighted by molar-refractivity contribution is 5.83. The van der Waals surface area contributed by atoms with Crippen molar-refractivity contribution < 1.29 is 9.84 Å². The monoisotopic (exact) mass is 351 g/mol. The van der Waals surface area contributed by atoms with Gasteiger partial charge in [-0.15, -0.1) is 6.58 Å². The molecule has 0 unspecified atom stereocenters. The average Bonchev–Trinajstić information content (AvgIpc) is 2.69. The Labute approximate surface area is 154 Å². The number of hydrogen-bond donors (Lipinski definition) is 1. The number of phenolic OH excluding ortho intramolecular Hbond substituents is 1. The lowest BCUT2D eigenvalue weighted by Crippen LogP contribution is -2.44. The van der Waals surface area contributed by atoms with Crippen molar-refractivity contribution in [3.8, 4) is 11.5 Å². The minimum Gasteiger partial charge on any atom is -0.507 e. The van der Waals surface area contributed by atoms with Crippen molar-refractivity contribution in [1.29, 1.82) is 0 Å². The molecule has 1 heterocycles. The molecule has 0 amide bonds. The van der Waals surface area contributed by atoms with Crippen molar-refractivity contribution in [2.45, 2.75) is 6.42 Å². The summed E-state index contributed by atoms with van der Waals surface area (Å²) in [5.74, 6) is 1.18. The summed E-state index contributed by atoms with van der Waals surface area (Å²) in [5.41, 5.74) is 2.72. The summed E-state index contributed by atoms with van der Waals surface area (Å²) in [6, 6.07) is 13.8. The second-order valence-corrected chi connectivity index (χ2v) is 6.20. The summed E-state index contributed by atoms with van der Waals surface area (Å²) in [7, 11) is 1.70. The Morgan fingerprint density at radius 1 is 1.12 bits per heavy atom. The number of phenols is 1. The van der Waals surface area contributed by atoms with Crippen molar-refractivity contribution in [1.82, 2.24) is 5.01 Å². The predicted octanol–water partition coefficient (Wildman–Crippen LogP) is 3.29. The zero-order valence-electron chi connectivity index (χ0n) is 15.1. The van der Waals surface area contributed by atoms with E-state index in [-0.39, 0.29) is 5.75 Å². The molecule has 3 rings (SSSR count). The molecule has 0 bridgehead atoms. The topological polar surface area (TPSA) is 48.3 Å². The quantitative estimate of drug-likeness (QED) is 0.641. The molecule has 0 aliphatic carbocycles. The maximum absolute atomic E-state index is 10.3. The van der Waals surface area contributed by atoms with Gasteiger partial charge in [0.05, 0.1) is 32.1 Å². The maximum atomic E-state index is 10.3. The van der Waals surface area contributed by atoms with E-state index in [9.17, 15) is 5.11 Å². The summed E-state index contributed by atoms with van der Waals surface area (Å²) >= 11 is 0. The molecule has 0 spiro atoms. The first-order chi connectivity index (χ1) is 12.7. The van der Waals surface area contributed by atoms with E-state index in [1.807, 2.05) is 41.4 Å². The molecule has 5 nitrogen and oxygen atoms in total. The third kappa shape index (κ3) is 3.99. The number of methoxy groups -OCH3 is 1. The number of benzene rings is 2. The van der Waals surface area contributed by atoms with E-state index in [0.29, 0.717) is 6.42 Å². The largest absolute Gasteiger partial charge is 0.507 e. The third-order valence-electron chi connectivity index (χ3n) is 4.56. The molecule has 1 fully saturated rings. The molecule has 1 N–H and O–H groups in total. The summed E-state index contributed by atoms with van der Waals surface area (Å²) in [6.45, 7) is 7.12. The van der Waals surface area contributed by atoms with Crippen LogP contribution in [-0.2, 0) is 6.42 Å². The summed E-state index contributed by atoms with van der Waals surface area (Å²) < 4.78 is 5.46. The molecule has 2 aromatic rings. The molecule has 2 aromatic carbocycles. The van der Waals surface area contributed by atoms with Gasteiger partial charge < -0.3 is 14.7 Å². The number of para-hydroxylation sites is 3. The number of rotatable bonds is 6. The zero-order chi connectivity index (χ0) is 18.4. The summed E-state index contributed by atoms with van der Waals surface area (Å²) in [6.07, 6.45) is 4.17. The molecular weight excluding hydrogens is 326 g/mol. The zero-order valence-corrected chi connectivity index (χ0v) is 15.1. The van der Waals surface area contributed by atoms with Gasteiger partial charge in [-0.1, -0.05) is 30.3 Å². The maximum Gasteiger partial charge on any atom is 0.142 e. The van der Waals surface area contributed by atoms with E-state index in [4.69, 9.17) is 4.74 Å². The van der Waals surface area contributed by atoms with E-state index >= 15 is 0 Å². The van der Waals surface area contributed by atoms with E-state index in [1.165, 1.54) is 0 Å². The number of nitrogens with zero attached hydrogens (tertiary/aromatic N) is 3. The standard InChI is InChI=1S/C21H25N3O2/c1-3-7-17-8-6-9-18(21(17)25)16-22-24-14-12-23(13-15-24)19-10-4-5-11-20(19)26-2/h3-6,8-11,16,25H,1,7,12-15H2,2H3/b22-16+. The van der Waals surface area contributed by atoms with E-state index < -0.39 is 0 Å². The molecule has 0 atom stereocenters. The molecular formula is C21H25N3O2. The summed E-state index contributed by atoms with van der Waals surface area (Å²) in [4.78, 5) is 2.31. The highest BCUT2D eigenvalue weighted by atomic mass is 16.5. The Hall–Kier alpha value is -2.95. The first kappa shape index (κ1) is 17.9. The van der Waals surface area contributed by atoms with E-state index in [0.717, 1.165) is 48.7 Å². The molecule has 5 heteroatoms. The van der Waals surface area contributed by atoms with Crippen LogP contribution in [0.1, 0.15) is 11.1 Å². The van der Waals surface area contributed by atoms with Crippen molar-refractivity contribution in [2.24, 2.45) is 5.10 Å². The first-order valence-corrected chi connectivity index (χ1v) is 8.81. The van der Waals surface area contributed by atoms with Gasteiger partial charge in [-0.05, 0) is 30.2 Å². The number of hydrogen-bond acceptors (Lipinski definition) is 5. The highest BCUT2D eigenvalue weighted by Gasteiger charge is 2.18. The van der Waals surface area contributed by atoms with Gasteiger partial charge >= 0.3 is 0 Å². The normalized spacial score (nSPS) is 14.7. The lowest BCUT2D eigenvalue weighted by molar-refractivity contribution is 0.271. The van der Waals surface area contributed by atoms with Gasteiger partial charge in [-0.2, -0.15) is 5.10 Å². The molecule has 136 valence electrons. The molecule has 1 saturated heterocycles. The van der Waals surface area contributed by atoms with Gasteiger partial charge in [0.25, 0.3) is 0 Å². The van der Waals surface area contributed by atoms with Crippen LogP contribution in [0.2, 0.25) is 0 Å². The Balaban J connectivity index is 1.63. The Kier molecular flexibility index (Phi) is 5.79. The van der Waals surface area contributed by atoms with Crippen LogP contribution in [0.4, 0.5) is 5.69 Å².